The second-order valence-electron chi connectivity index (χ2n) is 14.2. The number of hydrogen-bond donors (Lipinski definition) is 3. The number of esters is 1. The largest absolute Gasteiger partial charge is 0.507 e. The number of ether oxygens (including phenoxy) is 1. The van der Waals surface area contributed by atoms with Crippen LogP contribution in [0.25, 0.3) is 0 Å². The molecule has 1 amide bonds. The summed E-state index contributed by atoms with van der Waals surface area (Å²) in [4.78, 5) is 31.9. The number of benzene rings is 1. The standard InChI is InChI=1S/C31H50N4O4S/c1-29(2,3)21-17-20(39-27(38)31(7,8)9)16-19(24(21)36)18-32-22-14-12-13-15-23(22)33-28(40)34-25(30(4,5)6)26(37)35(10)11/h16-18,22-23,25,36H,12-15H2,1-11H3,(H2,33,34,40)/t22-,23-,25-/m0/s1. The van der Waals surface area contributed by atoms with Crippen molar-refractivity contribution in [2.24, 2.45) is 15.8 Å². The first kappa shape index (κ1) is 33.5. The quantitative estimate of drug-likeness (QED) is 0.182. The smallest absolute Gasteiger partial charge is 0.316 e. The van der Waals surface area contributed by atoms with Crippen LogP contribution in [0.3, 0.4) is 0 Å². The summed E-state index contributed by atoms with van der Waals surface area (Å²) in [6, 6.07) is 2.82. The van der Waals surface area contributed by atoms with Crippen molar-refractivity contribution in [3.05, 3.63) is 23.3 Å². The number of carbonyl (C=O) groups excluding carboxylic acids is 2. The molecule has 0 bridgehead atoms. The lowest BCUT2D eigenvalue weighted by molar-refractivity contribution is -0.143. The molecule has 1 fully saturated rings. The second kappa shape index (κ2) is 12.9. The summed E-state index contributed by atoms with van der Waals surface area (Å²) in [6.07, 6.45) is 5.50. The summed E-state index contributed by atoms with van der Waals surface area (Å²) in [6.45, 7) is 17.4. The van der Waals surface area contributed by atoms with Crippen LogP contribution in [0.2, 0.25) is 0 Å². The zero-order valence-electron chi connectivity index (χ0n) is 26.3. The van der Waals surface area contributed by atoms with Crippen molar-refractivity contribution in [3.63, 3.8) is 0 Å². The zero-order chi connectivity index (χ0) is 30.6. The minimum Gasteiger partial charge on any atom is -0.507 e. The average molecular weight is 575 g/mol. The highest BCUT2D eigenvalue weighted by molar-refractivity contribution is 7.80. The number of nitrogens with zero attached hydrogens (tertiary/aromatic N) is 2. The molecule has 2 rings (SSSR count). The molecule has 0 radical (unpaired) electrons. The van der Waals surface area contributed by atoms with Crippen LogP contribution in [-0.4, -0.2) is 65.4 Å². The number of nitrogens with one attached hydrogen (secondary N) is 2. The maximum absolute atomic E-state index is 12.8. The van der Waals surface area contributed by atoms with E-state index in [0.29, 0.717) is 22.0 Å². The van der Waals surface area contributed by atoms with Crippen LogP contribution < -0.4 is 15.4 Å². The molecule has 1 aliphatic carbocycles. The molecular formula is C31H50N4O4S. The topological polar surface area (TPSA) is 103 Å². The van der Waals surface area contributed by atoms with Crippen molar-refractivity contribution in [2.75, 3.05) is 14.1 Å². The summed E-state index contributed by atoms with van der Waals surface area (Å²) < 4.78 is 5.70. The number of likely N-dealkylation sites (N-methyl/N-ethyl adjacent to an activating group) is 1. The fourth-order valence-corrected chi connectivity index (χ4v) is 4.77. The molecule has 40 heavy (non-hydrogen) atoms. The second-order valence-corrected chi connectivity index (χ2v) is 14.6. The van der Waals surface area contributed by atoms with Crippen LogP contribution in [0.15, 0.2) is 17.1 Å². The maximum Gasteiger partial charge on any atom is 0.316 e. The Morgan fingerprint density at radius 2 is 1.68 bits per heavy atom. The van der Waals surface area contributed by atoms with Crippen LogP contribution in [0.4, 0.5) is 0 Å². The predicted molar refractivity (Wildman–Crippen MR) is 166 cm³/mol. The number of amides is 1. The van der Waals surface area contributed by atoms with Crippen molar-refractivity contribution in [1.82, 2.24) is 15.5 Å². The molecule has 0 aliphatic heterocycles. The summed E-state index contributed by atoms with van der Waals surface area (Å²) in [5, 5.41) is 18.2. The molecule has 0 spiro atoms. The van der Waals surface area contributed by atoms with E-state index in [9.17, 15) is 14.7 Å². The van der Waals surface area contributed by atoms with E-state index < -0.39 is 11.5 Å². The lowest BCUT2D eigenvalue weighted by atomic mass is 9.85. The van der Waals surface area contributed by atoms with Crippen molar-refractivity contribution in [1.29, 1.82) is 0 Å². The highest BCUT2D eigenvalue weighted by Crippen LogP contribution is 2.37. The molecule has 1 aliphatic rings. The molecule has 9 heteroatoms. The van der Waals surface area contributed by atoms with E-state index in [2.05, 4.69) is 10.6 Å². The van der Waals surface area contributed by atoms with Gasteiger partial charge in [0.15, 0.2) is 5.11 Å². The summed E-state index contributed by atoms with van der Waals surface area (Å²) in [5.74, 6) is 0.123. The minimum absolute atomic E-state index is 0.0220. The Bertz CT molecular complexity index is 1110. The van der Waals surface area contributed by atoms with E-state index in [1.54, 1.807) is 58.1 Å². The van der Waals surface area contributed by atoms with E-state index in [0.717, 1.165) is 25.7 Å². The van der Waals surface area contributed by atoms with Gasteiger partial charge in [0.25, 0.3) is 0 Å². The normalized spacial score (nSPS) is 19.2. The third-order valence-electron chi connectivity index (χ3n) is 7.02. The maximum atomic E-state index is 12.8. The third kappa shape index (κ3) is 9.18. The van der Waals surface area contributed by atoms with Gasteiger partial charge in [-0.2, -0.15) is 0 Å². The SMILES string of the molecule is CN(C)C(=O)[C@H](NC(=S)N[C@H]1CCCC[C@@H]1N=Cc1cc(OC(=O)C(C)(C)C)cc(C(C)(C)C)c1O)C(C)(C)C. The Balaban J connectivity index is 2.31. The third-order valence-corrected chi connectivity index (χ3v) is 7.26. The number of hydrogen-bond acceptors (Lipinski definition) is 6. The van der Waals surface area contributed by atoms with Crippen LogP contribution in [-0.2, 0) is 15.0 Å². The first-order valence-electron chi connectivity index (χ1n) is 14.1. The lowest BCUT2D eigenvalue weighted by Crippen LogP contribution is -2.57. The van der Waals surface area contributed by atoms with Gasteiger partial charge in [-0.3, -0.25) is 14.6 Å². The Hall–Kier alpha value is -2.68. The first-order valence-corrected chi connectivity index (χ1v) is 14.5. The molecular weight excluding hydrogens is 524 g/mol. The molecule has 1 saturated carbocycles. The van der Waals surface area contributed by atoms with Gasteiger partial charge in [-0.25, -0.2) is 0 Å². The highest BCUT2D eigenvalue weighted by Gasteiger charge is 2.34. The molecule has 0 aromatic heterocycles. The summed E-state index contributed by atoms with van der Waals surface area (Å²) in [7, 11) is 3.48. The van der Waals surface area contributed by atoms with Crippen molar-refractivity contribution in [2.45, 2.75) is 112 Å². The Morgan fingerprint density at radius 1 is 1.07 bits per heavy atom. The Morgan fingerprint density at radius 3 is 2.20 bits per heavy atom. The lowest BCUT2D eigenvalue weighted by Gasteiger charge is -2.35. The van der Waals surface area contributed by atoms with Crippen molar-refractivity contribution >= 4 is 35.4 Å². The van der Waals surface area contributed by atoms with E-state index >= 15 is 0 Å². The fourth-order valence-electron chi connectivity index (χ4n) is 4.50. The fraction of sp³-hybridized carbons (Fsp3) is 0.677. The molecule has 0 heterocycles. The summed E-state index contributed by atoms with van der Waals surface area (Å²) in [5.41, 5.74) is -0.197. The molecule has 224 valence electrons. The number of aromatic hydroxyl groups is 1. The molecule has 3 atom stereocenters. The van der Waals surface area contributed by atoms with Crippen LogP contribution in [0.5, 0.6) is 11.5 Å². The van der Waals surface area contributed by atoms with E-state index in [4.69, 9.17) is 21.9 Å². The number of phenols is 1. The van der Waals surface area contributed by atoms with Crippen LogP contribution in [0.1, 0.15) is 99.1 Å². The molecule has 1 aromatic rings. The van der Waals surface area contributed by atoms with E-state index in [-0.39, 0.29) is 40.5 Å². The molecule has 3 N–H and O–H groups in total. The van der Waals surface area contributed by atoms with Gasteiger partial charge in [0.1, 0.15) is 17.5 Å². The number of aliphatic imine (C=N–C) groups is 1. The van der Waals surface area contributed by atoms with Gasteiger partial charge in [0, 0.05) is 31.4 Å². The number of rotatable bonds is 6. The first-order chi connectivity index (χ1) is 18.2. The Labute approximate surface area is 246 Å². The minimum atomic E-state index is -0.662. The van der Waals surface area contributed by atoms with E-state index in [1.165, 1.54) is 0 Å². The average Bonchev–Trinajstić information content (AvgIpc) is 2.80. The van der Waals surface area contributed by atoms with Gasteiger partial charge in [-0.1, -0.05) is 54.4 Å². The highest BCUT2D eigenvalue weighted by atomic mass is 32.1. The molecule has 0 saturated heterocycles. The van der Waals surface area contributed by atoms with Crippen LogP contribution >= 0.6 is 12.2 Å². The van der Waals surface area contributed by atoms with Crippen molar-refractivity contribution < 1.29 is 19.4 Å². The van der Waals surface area contributed by atoms with Gasteiger partial charge < -0.3 is 25.4 Å². The molecule has 0 unspecified atom stereocenters. The summed E-state index contributed by atoms with van der Waals surface area (Å²) >= 11 is 5.65. The van der Waals surface area contributed by atoms with Gasteiger partial charge in [0.05, 0.1) is 17.5 Å². The van der Waals surface area contributed by atoms with Gasteiger partial charge in [0.2, 0.25) is 5.91 Å². The van der Waals surface area contributed by atoms with Gasteiger partial charge >= 0.3 is 5.97 Å². The number of carbonyl (C=O) groups is 2. The molecule has 1 aromatic carbocycles. The number of phenolic OH excluding ortho intramolecular Hbond substituents is 1. The monoisotopic (exact) mass is 574 g/mol. The van der Waals surface area contributed by atoms with Gasteiger partial charge in [-0.05, 0) is 68.8 Å². The van der Waals surface area contributed by atoms with E-state index in [1.807, 2.05) is 41.5 Å². The zero-order valence-corrected chi connectivity index (χ0v) is 27.1. The number of thiocarbonyl (C=S) groups is 1. The Kier molecular flexibility index (Phi) is 10.8. The van der Waals surface area contributed by atoms with Gasteiger partial charge in [-0.15, -0.1) is 0 Å². The van der Waals surface area contributed by atoms with Crippen LogP contribution in [0, 0.1) is 10.8 Å². The molecule has 8 nitrogen and oxygen atoms in total. The predicted octanol–water partition coefficient (Wildman–Crippen LogP) is 5.34. The van der Waals surface area contributed by atoms with Crippen molar-refractivity contribution in [3.8, 4) is 11.5 Å².